The second-order valence-electron chi connectivity index (χ2n) is 3.21. The zero-order chi connectivity index (χ0) is 7.40. The Morgan fingerprint density at radius 1 is 1.45 bits per heavy atom. The molecule has 2 atom stereocenters. The van der Waals surface area contributed by atoms with E-state index in [1.807, 2.05) is 0 Å². The van der Waals surface area contributed by atoms with Gasteiger partial charge >= 0.3 is 0 Å². The van der Waals surface area contributed by atoms with E-state index < -0.39 is 0 Å². The SMILES string of the molecule is CC1CCCC(CCO)N1.Cl. The molecule has 1 saturated heterocycles. The summed E-state index contributed by atoms with van der Waals surface area (Å²) in [7, 11) is 0. The molecule has 1 fully saturated rings. The Hall–Kier alpha value is 0.210. The van der Waals surface area contributed by atoms with Gasteiger partial charge in [-0.15, -0.1) is 12.4 Å². The van der Waals surface area contributed by atoms with E-state index in [0.717, 1.165) is 6.42 Å². The lowest BCUT2D eigenvalue weighted by atomic mass is 9.98. The second-order valence-corrected chi connectivity index (χ2v) is 3.21. The van der Waals surface area contributed by atoms with Crippen molar-refractivity contribution in [2.75, 3.05) is 6.61 Å². The standard InChI is InChI=1S/C8H17NO.ClH/c1-7-3-2-4-8(9-7)5-6-10;/h7-10H,2-6H2,1H3;1H. The minimum absolute atomic E-state index is 0. The maximum Gasteiger partial charge on any atom is 0.0445 e. The van der Waals surface area contributed by atoms with Crippen molar-refractivity contribution in [1.29, 1.82) is 0 Å². The van der Waals surface area contributed by atoms with Gasteiger partial charge in [-0.1, -0.05) is 6.42 Å². The van der Waals surface area contributed by atoms with Crippen molar-refractivity contribution < 1.29 is 5.11 Å². The van der Waals surface area contributed by atoms with Crippen molar-refractivity contribution in [2.24, 2.45) is 0 Å². The van der Waals surface area contributed by atoms with Gasteiger partial charge in [0.2, 0.25) is 0 Å². The van der Waals surface area contributed by atoms with Crippen molar-refractivity contribution in [3.63, 3.8) is 0 Å². The monoisotopic (exact) mass is 179 g/mol. The molecule has 0 saturated carbocycles. The average molecular weight is 180 g/mol. The van der Waals surface area contributed by atoms with Crippen molar-refractivity contribution >= 4 is 12.4 Å². The Bertz CT molecular complexity index is 98.1. The fraction of sp³-hybridized carbons (Fsp3) is 1.00. The van der Waals surface area contributed by atoms with Crippen molar-refractivity contribution in [3.8, 4) is 0 Å². The van der Waals surface area contributed by atoms with Crippen LogP contribution in [-0.2, 0) is 0 Å². The predicted molar refractivity (Wildman–Crippen MR) is 49.2 cm³/mol. The molecular formula is C8H18ClNO. The van der Waals surface area contributed by atoms with E-state index in [1.54, 1.807) is 0 Å². The predicted octanol–water partition coefficient (Wildman–Crippen LogP) is 1.32. The normalized spacial score (nSPS) is 31.1. The van der Waals surface area contributed by atoms with Crippen molar-refractivity contribution in [3.05, 3.63) is 0 Å². The third kappa shape index (κ3) is 3.94. The summed E-state index contributed by atoms with van der Waals surface area (Å²) in [4.78, 5) is 0. The molecule has 0 spiro atoms. The van der Waals surface area contributed by atoms with Crippen LogP contribution in [0.2, 0.25) is 0 Å². The molecule has 3 heteroatoms. The number of aliphatic hydroxyl groups excluding tert-OH is 1. The summed E-state index contributed by atoms with van der Waals surface area (Å²) in [6, 6.07) is 1.24. The summed E-state index contributed by atoms with van der Waals surface area (Å²) in [6.07, 6.45) is 4.77. The molecule has 68 valence electrons. The molecule has 0 amide bonds. The van der Waals surface area contributed by atoms with Crippen molar-refractivity contribution in [1.82, 2.24) is 5.32 Å². The molecule has 0 radical (unpaired) electrons. The summed E-state index contributed by atoms with van der Waals surface area (Å²) >= 11 is 0. The fourth-order valence-corrected chi connectivity index (χ4v) is 1.62. The van der Waals surface area contributed by atoms with Crippen LogP contribution in [0.4, 0.5) is 0 Å². The maximum atomic E-state index is 8.66. The number of hydrogen-bond donors (Lipinski definition) is 2. The highest BCUT2D eigenvalue weighted by molar-refractivity contribution is 5.85. The molecule has 11 heavy (non-hydrogen) atoms. The first-order valence-electron chi connectivity index (χ1n) is 4.20. The van der Waals surface area contributed by atoms with Crippen LogP contribution in [0.5, 0.6) is 0 Å². The Labute approximate surface area is 74.8 Å². The van der Waals surface area contributed by atoms with Gasteiger partial charge in [-0.2, -0.15) is 0 Å². The molecule has 1 heterocycles. The molecule has 0 aliphatic carbocycles. The topological polar surface area (TPSA) is 32.3 Å². The van der Waals surface area contributed by atoms with Gasteiger partial charge in [-0.25, -0.2) is 0 Å². The molecule has 1 aliphatic heterocycles. The van der Waals surface area contributed by atoms with Crippen LogP contribution < -0.4 is 5.32 Å². The lowest BCUT2D eigenvalue weighted by Gasteiger charge is -2.28. The van der Waals surface area contributed by atoms with Crippen LogP contribution in [-0.4, -0.2) is 23.8 Å². The molecule has 2 N–H and O–H groups in total. The van der Waals surface area contributed by atoms with E-state index in [2.05, 4.69) is 12.2 Å². The van der Waals surface area contributed by atoms with Gasteiger partial charge < -0.3 is 10.4 Å². The molecule has 0 aromatic carbocycles. The lowest BCUT2D eigenvalue weighted by Crippen LogP contribution is -2.40. The van der Waals surface area contributed by atoms with Crippen LogP contribution in [0.25, 0.3) is 0 Å². The van der Waals surface area contributed by atoms with Crippen LogP contribution in [0.1, 0.15) is 32.6 Å². The largest absolute Gasteiger partial charge is 0.396 e. The van der Waals surface area contributed by atoms with E-state index in [1.165, 1.54) is 19.3 Å². The molecular weight excluding hydrogens is 162 g/mol. The van der Waals surface area contributed by atoms with Gasteiger partial charge in [0, 0.05) is 18.7 Å². The summed E-state index contributed by atoms with van der Waals surface area (Å²) in [6.45, 7) is 2.54. The number of rotatable bonds is 2. The first-order chi connectivity index (χ1) is 4.83. The first-order valence-corrected chi connectivity index (χ1v) is 4.20. The Kier molecular flexibility index (Phi) is 5.92. The summed E-state index contributed by atoms with van der Waals surface area (Å²) in [5.74, 6) is 0. The molecule has 1 aliphatic rings. The zero-order valence-corrected chi connectivity index (χ0v) is 7.86. The van der Waals surface area contributed by atoms with Crippen LogP contribution >= 0.6 is 12.4 Å². The smallest absolute Gasteiger partial charge is 0.0445 e. The third-order valence-corrected chi connectivity index (χ3v) is 2.19. The van der Waals surface area contributed by atoms with E-state index in [4.69, 9.17) is 5.11 Å². The van der Waals surface area contributed by atoms with Gasteiger partial charge in [-0.05, 0) is 26.2 Å². The maximum absolute atomic E-state index is 8.66. The Morgan fingerprint density at radius 3 is 2.73 bits per heavy atom. The molecule has 1 rings (SSSR count). The quantitative estimate of drug-likeness (QED) is 0.671. The highest BCUT2D eigenvalue weighted by Gasteiger charge is 2.16. The summed E-state index contributed by atoms with van der Waals surface area (Å²) < 4.78 is 0. The minimum Gasteiger partial charge on any atom is -0.396 e. The van der Waals surface area contributed by atoms with E-state index in [0.29, 0.717) is 18.7 Å². The molecule has 0 bridgehead atoms. The van der Waals surface area contributed by atoms with E-state index in [9.17, 15) is 0 Å². The second kappa shape index (κ2) is 5.81. The van der Waals surface area contributed by atoms with Gasteiger partial charge in [0.1, 0.15) is 0 Å². The van der Waals surface area contributed by atoms with Gasteiger partial charge in [-0.3, -0.25) is 0 Å². The van der Waals surface area contributed by atoms with Gasteiger partial charge in [0.05, 0.1) is 0 Å². The highest BCUT2D eigenvalue weighted by atomic mass is 35.5. The number of hydrogen-bond acceptors (Lipinski definition) is 2. The average Bonchev–Trinajstić information content (AvgIpc) is 1.88. The zero-order valence-electron chi connectivity index (χ0n) is 7.05. The summed E-state index contributed by atoms with van der Waals surface area (Å²) in [5, 5.41) is 12.1. The first kappa shape index (κ1) is 11.2. The lowest BCUT2D eigenvalue weighted by molar-refractivity contribution is 0.235. The highest BCUT2D eigenvalue weighted by Crippen LogP contribution is 2.13. The Morgan fingerprint density at radius 2 is 2.18 bits per heavy atom. The Balaban J connectivity index is 0.000001000. The third-order valence-electron chi connectivity index (χ3n) is 2.19. The summed E-state index contributed by atoms with van der Waals surface area (Å²) in [5.41, 5.74) is 0. The van der Waals surface area contributed by atoms with Crippen LogP contribution in [0.15, 0.2) is 0 Å². The fourth-order valence-electron chi connectivity index (χ4n) is 1.62. The number of nitrogens with one attached hydrogen (secondary N) is 1. The van der Waals surface area contributed by atoms with Crippen LogP contribution in [0.3, 0.4) is 0 Å². The van der Waals surface area contributed by atoms with Crippen LogP contribution in [0, 0.1) is 0 Å². The molecule has 2 unspecified atom stereocenters. The van der Waals surface area contributed by atoms with E-state index >= 15 is 0 Å². The number of piperidine rings is 1. The number of aliphatic hydroxyl groups is 1. The molecule has 0 aromatic heterocycles. The molecule has 2 nitrogen and oxygen atoms in total. The van der Waals surface area contributed by atoms with Crippen molar-refractivity contribution in [2.45, 2.75) is 44.7 Å². The van der Waals surface area contributed by atoms with Gasteiger partial charge in [0.25, 0.3) is 0 Å². The van der Waals surface area contributed by atoms with E-state index in [-0.39, 0.29) is 12.4 Å². The number of halogens is 1. The minimum atomic E-state index is 0. The van der Waals surface area contributed by atoms with Gasteiger partial charge in [0.15, 0.2) is 0 Å². The molecule has 0 aromatic rings.